The van der Waals surface area contributed by atoms with Crippen molar-refractivity contribution < 1.29 is 9.53 Å². The van der Waals surface area contributed by atoms with Crippen molar-refractivity contribution in [3.63, 3.8) is 0 Å². The molecule has 1 heterocycles. The number of ether oxygens (including phenoxy) is 1. The zero-order chi connectivity index (χ0) is 20.3. The number of nitrogens with one attached hydrogen (secondary N) is 1. The number of thioether (sulfide) groups is 1. The molecule has 1 amide bonds. The smallest absolute Gasteiger partial charge is 0.237 e. The van der Waals surface area contributed by atoms with Gasteiger partial charge >= 0.3 is 0 Å². The van der Waals surface area contributed by atoms with Crippen molar-refractivity contribution in [3.8, 4) is 17.1 Å². The fourth-order valence-electron chi connectivity index (χ4n) is 2.34. The molecule has 7 nitrogen and oxygen atoms in total. The van der Waals surface area contributed by atoms with E-state index in [0.29, 0.717) is 26.7 Å². The van der Waals surface area contributed by atoms with Gasteiger partial charge in [-0.25, -0.2) is 4.68 Å². The summed E-state index contributed by atoms with van der Waals surface area (Å²) in [5.41, 5.74) is 1.23. The van der Waals surface area contributed by atoms with Gasteiger partial charge in [0, 0.05) is 5.56 Å². The van der Waals surface area contributed by atoms with Gasteiger partial charge in [-0.2, -0.15) is 0 Å². The lowest BCUT2D eigenvalue weighted by Crippen LogP contribution is -2.23. The van der Waals surface area contributed by atoms with Crippen LogP contribution in [0.25, 0.3) is 11.4 Å². The molecular weight excluding hydrogens is 421 g/mol. The zero-order valence-electron chi connectivity index (χ0n) is 15.0. The van der Waals surface area contributed by atoms with Gasteiger partial charge in [0.2, 0.25) is 11.1 Å². The Hall–Kier alpha value is -2.42. The van der Waals surface area contributed by atoms with Crippen molar-refractivity contribution in [2.24, 2.45) is 0 Å². The number of amides is 1. The normalized spacial score (nSPS) is 11.9. The van der Waals surface area contributed by atoms with Gasteiger partial charge in [-0.3, -0.25) is 4.79 Å². The SMILES string of the molecule is COc1ccc(-c2nnc(SC(C)C(=O)Nc3cccc(Cl)c3Cl)n2N)cc1. The highest BCUT2D eigenvalue weighted by molar-refractivity contribution is 8.00. The first kappa shape index (κ1) is 20.3. The second-order valence-corrected chi connectivity index (χ2v) is 7.85. The van der Waals surface area contributed by atoms with Crippen molar-refractivity contribution in [3.05, 3.63) is 52.5 Å². The molecule has 10 heteroatoms. The minimum absolute atomic E-state index is 0.261. The van der Waals surface area contributed by atoms with Crippen LogP contribution in [0, 0.1) is 0 Å². The minimum atomic E-state index is -0.495. The molecule has 1 unspecified atom stereocenters. The monoisotopic (exact) mass is 437 g/mol. The molecule has 1 aromatic heterocycles. The number of benzene rings is 2. The Morgan fingerprint density at radius 3 is 2.61 bits per heavy atom. The molecule has 0 radical (unpaired) electrons. The highest BCUT2D eigenvalue weighted by atomic mass is 35.5. The van der Waals surface area contributed by atoms with Crippen molar-refractivity contribution in [2.75, 3.05) is 18.3 Å². The number of rotatable bonds is 6. The lowest BCUT2D eigenvalue weighted by Gasteiger charge is -2.13. The van der Waals surface area contributed by atoms with Crippen LogP contribution >= 0.6 is 35.0 Å². The maximum Gasteiger partial charge on any atom is 0.237 e. The third kappa shape index (κ3) is 4.35. The Labute approximate surface area is 176 Å². The lowest BCUT2D eigenvalue weighted by atomic mass is 10.2. The van der Waals surface area contributed by atoms with E-state index >= 15 is 0 Å². The quantitative estimate of drug-likeness (QED) is 0.445. The average Bonchev–Trinajstić information content (AvgIpc) is 3.05. The van der Waals surface area contributed by atoms with Crippen LogP contribution in [-0.4, -0.2) is 33.1 Å². The predicted octanol–water partition coefficient (Wildman–Crippen LogP) is 4.09. The summed E-state index contributed by atoms with van der Waals surface area (Å²) >= 11 is 13.3. The highest BCUT2D eigenvalue weighted by Gasteiger charge is 2.21. The molecule has 2 aromatic carbocycles. The number of methoxy groups -OCH3 is 1. The van der Waals surface area contributed by atoms with E-state index in [-0.39, 0.29) is 5.91 Å². The molecule has 0 aliphatic heterocycles. The molecule has 28 heavy (non-hydrogen) atoms. The van der Waals surface area contributed by atoms with E-state index < -0.39 is 5.25 Å². The number of aromatic nitrogens is 3. The summed E-state index contributed by atoms with van der Waals surface area (Å²) in [5.74, 6) is 7.07. The first-order chi connectivity index (χ1) is 13.4. The van der Waals surface area contributed by atoms with Gasteiger partial charge in [0.25, 0.3) is 0 Å². The Kier molecular flexibility index (Phi) is 6.33. The van der Waals surface area contributed by atoms with E-state index in [4.69, 9.17) is 33.8 Å². The summed E-state index contributed by atoms with van der Waals surface area (Å²) in [5, 5.41) is 11.5. The molecule has 146 valence electrons. The third-order valence-electron chi connectivity index (χ3n) is 3.87. The van der Waals surface area contributed by atoms with Gasteiger partial charge in [0.05, 0.1) is 28.1 Å². The molecule has 1 atom stereocenters. The molecule has 0 aliphatic rings. The van der Waals surface area contributed by atoms with Crippen LogP contribution in [0.4, 0.5) is 5.69 Å². The van der Waals surface area contributed by atoms with Crippen molar-refractivity contribution >= 4 is 46.6 Å². The van der Waals surface area contributed by atoms with Gasteiger partial charge in [0.1, 0.15) is 5.75 Å². The van der Waals surface area contributed by atoms with Crippen LogP contribution in [0.15, 0.2) is 47.6 Å². The molecular formula is C18H17Cl2N5O2S. The van der Waals surface area contributed by atoms with Crippen LogP contribution in [-0.2, 0) is 4.79 Å². The summed E-state index contributed by atoms with van der Waals surface area (Å²) < 4.78 is 6.49. The molecule has 0 spiro atoms. The molecule has 0 saturated carbocycles. The molecule has 0 aliphatic carbocycles. The third-order valence-corrected chi connectivity index (χ3v) is 5.75. The van der Waals surface area contributed by atoms with Gasteiger partial charge in [-0.1, -0.05) is 41.0 Å². The first-order valence-electron chi connectivity index (χ1n) is 8.17. The van der Waals surface area contributed by atoms with E-state index in [9.17, 15) is 4.79 Å². The number of hydrogen-bond acceptors (Lipinski definition) is 6. The minimum Gasteiger partial charge on any atom is -0.497 e. The summed E-state index contributed by atoms with van der Waals surface area (Å²) in [6.45, 7) is 1.74. The van der Waals surface area contributed by atoms with E-state index in [1.165, 1.54) is 16.4 Å². The summed E-state index contributed by atoms with van der Waals surface area (Å²) in [4.78, 5) is 12.5. The predicted molar refractivity (Wildman–Crippen MR) is 113 cm³/mol. The topological polar surface area (TPSA) is 95.1 Å². The van der Waals surface area contributed by atoms with Gasteiger partial charge in [-0.15, -0.1) is 10.2 Å². The number of nitrogen functional groups attached to an aromatic ring is 1. The van der Waals surface area contributed by atoms with Gasteiger partial charge < -0.3 is 15.9 Å². The summed E-state index contributed by atoms with van der Waals surface area (Å²) in [6, 6.07) is 12.3. The Morgan fingerprint density at radius 2 is 1.93 bits per heavy atom. The second-order valence-electron chi connectivity index (χ2n) is 5.76. The maximum absolute atomic E-state index is 12.5. The van der Waals surface area contributed by atoms with Crippen LogP contribution < -0.4 is 15.9 Å². The van der Waals surface area contributed by atoms with Crippen LogP contribution in [0.5, 0.6) is 5.75 Å². The number of hydrogen-bond donors (Lipinski definition) is 2. The summed E-state index contributed by atoms with van der Waals surface area (Å²) in [6.07, 6.45) is 0. The largest absolute Gasteiger partial charge is 0.497 e. The van der Waals surface area contributed by atoms with E-state index in [0.717, 1.165) is 11.3 Å². The molecule has 0 bridgehead atoms. The molecule has 3 aromatic rings. The van der Waals surface area contributed by atoms with E-state index in [1.54, 1.807) is 32.2 Å². The Balaban J connectivity index is 1.71. The number of halogens is 2. The average molecular weight is 438 g/mol. The standard InChI is InChI=1S/C18H17Cl2N5O2S/c1-10(17(26)22-14-5-3-4-13(19)15(14)20)28-18-24-23-16(25(18)21)11-6-8-12(27-2)9-7-11/h3-10H,21H2,1-2H3,(H,22,26). The van der Waals surface area contributed by atoms with Gasteiger partial charge in [-0.05, 0) is 43.3 Å². The van der Waals surface area contributed by atoms with Crippen molar-refractivity contribution in [1.29, 1.82) is 0 Å². The van der Waals surface area contributed by atoms with E-state index in [2.05, 4.69) is 15.5 Å². The highest BCUT2D eigenvalue weighted by Crippen LogP contribution is 2.31. The fourth-order valence-corrected chi connectivity index (χ4v) is 3.46. The van der Waals surface area contributed by atoms with Crippen molar-refractivity contribution in [1.82, 2.24) is 14.9 Å². The number of carbonyl (C=O) groups excluding carboxylic acids is 1. The number of carbonyl (C=O) groups is 1. The number of anilines is 1. The summed E-state index contributed by atoms with van der Waals surface area (Å²) in [7, 11) is 1.60. The zero-order valence-corrected chi connectivity index (χ0v) is 17.3. The number of nitrogens with two attached hydrogens (primary N) is 1. The molecule has 0 fully saturated rings. The number of nitrogens with zero attached hydrogens (tertiary/aromatic N) is 3. The molecule has 3 rings (SSSR count). The van der Waals surface area contributed by atoms with Crippen LogP contribution in [0.2, 0.25) is 10.0 Å². The molecule has 3 N–H and O–H groups in total. The Bertz CT molecular complexity index is 994. The fraction of sp³-hybridized carbons (Fsp3) is 0.167. The van der Waals surface area contributed by atoms with Gasteiger partial charge in [0.15, 0.2) is 5.82 Å². The maximum atomic E-state index is 12.5. The van der Waals surface area contributed by atoms with Crippen LogP contribution in [0.3, 0.4) is 0 Å². The van der Waals surface area contributed by atoms with Crippen molar-refractivity contribution in [2.45, 2.75) is 17.3 Å². The Morgan fingerprint density at radius 1 is 1.21 bits per heavy atom. The second kappa shape index (κ2) is 8.72. The first-order valence-corrected chi connectivity index (χ1v) is 9.80. The molecule has 0 saturated heterocycles. The lowest BCUT2D eigenvalue weighted by molar-refractivity contribution is -0.115. The van der Waals surface area contributed by atoms with Crippen LogP contribution in [0.1, 0.15) is 6.92 Å². The van der Waals surface area contributed by atoms with E-state index in [1.807, 2.05) is 24.3 Å².